The Morgan fingerprint density at radius 1 is 1.30 bits per heavy atom. The van der Waals surface area contributed by atoms with Gasteiger partial charge in [0.25, 0.3) is 0 Å². The number of hydrogen-bond donors (Lipinski definition) is 0. The zero-order chi connectivity index (χ0) is 14.1. The van der Waals surface area contributed by atoms with Crippen LogP contribution in [0.2, 0.25) is 5.02 Å². The highest BCUT2D eigenvalue weighted by Gasteiger charge is 2.21. The van der Waals surface area contributed by atoms with Gasteiger partial charge in [0.05, 0.1) is 10.9 Å². The van der Waals surface area contributed by atoms with Gasteiger partial charge in [-0.25, -0.2) is 9.97 Å². The van der Waals surface area contributed by atoms with E-state index in [1.807, 2.05) is 6.07 Å². The van der Waals surface area contributed by atoms with Crippen LogP contribution in [-0.4, -0.2) is 14.5 Å². The summed E-state index contributed by atoms with van der Waals surface area (Å²) in [5, 5.41) is 0.620. The average Bonchev–Trinajstić information content (AvgIpc) is 2.78. The first-order chi connectivity index (χ1) is 9.67. The third-order valence-corrected chi connectivity index (χ3v) is 4.77. The molecule has 0 saturated heterocycles. The molecule has 2 aromatic rings. The third kappa shape index (κ3) is 2.79. The van der Waals surface area contributed by atoms with E-state index >= 15 is 0 Å². The second-order valence-electron chi connectivity index (χ2n) is 5.89. The maximum atomic E-state index is 6.04. The van der Waals surface area contributed by atoms with E-state index in [4.69, 9.17) is 23.2 Å². The molecule has 1 saturated carbocycles. The molecule has 1 aliphatic carbocycles. The van der Waals surface area contributed by atoms with Crippen LogP contribution in [-0.2, 0) is 12.4 Å². The fraction of sp³-hybridized carbons (Fsp3) is 0.600. The van der Waals surface area contributed by atoms with Gasteiger partial charge >= 0.3 is 0 Å². The maximum Gasteiger partial charge on any atom is 0.160 e. The molecule has 20 heavy (non-hydrogen) atoms. The predicted octanol–water partition coefficient (Wildman–Crippen LogP) is 4.65. The highest BCUT2D eigenvalue weighted by atomic mass is 35.5. The van der Waals surface area contributed by atoms with Gasteiger partial charge in [-0.2, -0.15) is 0 Å². The van der Waals surface area contributed by atoms with Gasteiger partial charge in [0.2, 0.25) is 0 Å². The SMILES string of the molecule is CC1CCC(Cn2c(CCl)nc3cc(Cl)cnc32)CC1. The number of alkyl halides is 1. The van der Waals surface area contributed by atoms with Crippen LogP contribution in [0.3, 0.4) is 0 Å². The minimum absolute atomic E-state index is 0.414. The van der Waals surface area contributed by atoms with Crippen molar-refractivity contribution in [3.63, 3.8) is 0 Å². The molecule has 0 aliphatic heterocycles. The zero-order valence-electron chi connectivity index (χ0n) is 11.6. The monoisotopic (exact) mass is 311 g/mol. The largest absolute Gasteiger partial charge is 0.311 e. The molecule has 108 valence electrons. The predicted molar refractivity (Wildman–Crippen MR) is 83.2 cm³/mol. The molecule has 3 rings (SSSR count). The van der Waals surface area contributed by atoms with Gasteiger partial charge in [0.1, 0.15) is 11.3 Å². The summed E-state index contributed by atoms with van der Waals surface area (Å²) in [5.41, 5.74) is 1.75. The van der Waals surface area contributed by atoms with Crippen molar-refractivity contribution in [3.05, 3.63) is 23.1 Å². The molecule has 0 unspecified atom stereocenters. The van der Waals surface area contributed by atoms with Crippen molar-refractivity contribution < 1.29 is 0 Å². The molecule has 0 N–H and O–H groups in total. The van der Waals surface area contributed by atoms with Crippen LogP contribution in [0, 0.1) is 11.8 Å². The summed E-state index contributed by atoms with van der Waals surface area (Å²) in [6, 6.07) is 1.86. The minimum atomic E-state index is 0.414. The molecule has 3 nitrogen and oxygen atoms in total. The van der Waals surface area contributed by atoms with Crippen LogP contribution < -0.4 is 0 Å². The summed E-state index contributed by atoms with van der Waals surface area (Å²) in [6.07, 6.45) is 6.91. The van der Waals surface area contributed by atoms with Gasteiger partial charge in [0, 0.05) is 12.7 Å². The van der Waals surface area contributed by atoms with Crippen LogP contribution >= 0.6 is 23.2 Å². The van der Waals surface area contributed by atoms with E-state index in [0.717, 1.165) is 29.5 Å². The topological polar surface area (TPSA) is 30.7 Å². The minimum Gasteiger partial charge on any atom is -0.311 e. The van der Waals surface area contributed by atoms with E-state index in [0.29, 0.717) is 16.8 Å². The third-order valence-electron chi connectivity index (χ3n) is 4.33. The van der Waals surface area contributed by atoms with Crippen LogP contribution in [0.5, 0.6) is 0 Å². The van der Waals surface area contributed by atoms with E-state index in [1.165, 1.54) is 25.7 Å². The van der Waals surface area contributed by atoms with Gasteiger partial charge in [-0.1, -0.05) is 31.4 Å². The van der Waals surface area contributed by atoms with Crippen LogP contribution in [0.15, 0.2) is 12.3 Å². The van der Waals surface area contributed by atoms with E-state index in [2.05, 4.69) is 21.5 Å². The molecule has 2 aromatic heterocycles. The Morgan fingerprint density at radius 3 is 2.75 bits per heavy atom. The van der Waals surface area contributed by atoms with E-state index in [9.17, 15) is 0 Å². The molecule has 0 radical (unpaired) electrons. The summed E-state index contributed by atoms with van der Waals surface area (Å²) in [6.45, 7) is 3.32. The lowest BCUT2D eigenvalue weighted by atomic mass is 9.83. The molecule has 0 amide bonds. The van der Waals surface area contributed by atoms with Gasteiger partial charge in [-0.05, 0) is 30.7 Å². The van der Waals surface area contributed by atoms with Crippen molar-refractivity contribution in [1.29, 1.82) is 0 Å². The second kappa shape index (κ2) is 5.90. The van der Waals surface area contributed by atoms with E-state index in [1.54, 1.807) is 6.20 Å². The van der Waals surface area contributed by atoms with Gasteiger partial charge in [0.15, 0.2) is 5.65 Å². The average molecular weight is 312 g/mol. The second-order valence-corrected chi connectivity index (χ2v) is 6.60. The number of nitrogens with zero attached hydrogens (tertiary/aromatic N) is 3. The van der Waals surface area contributed by atoms with Crippen LogP contribution in [0.1, 0.15) is 38.4 Å². The van der Waals surface area contributed by atoms with Gasteiger partial charge in [-0.3, -0.25) is 0 Å². The smallest absolute Gasteiger partial charge is 0.160 e. The molecule has 0 aromatic carbocycles. The lowest BCUT2D eigenvalue weighted by Gasteiger charge is -2.26. The first kappa shape index (κ1) is 14.2. The highest BCUT2D eigenvalue weighted by Crippen LogP contribution is 2.31. The molecule has 1 aliphatic rings. The lowest BCUT2D eigenvalue weighted by Crippen LogP contribution is -2.19. The summed E-state index contributed by atoms with van der Waals surface area (Å²) in [5.74, 6) is 2.89. The van der Waals surface area contributed by atoms with Gasteiger partial charge in [-0.15, -0.1) is 11.6 Å². The number of hydrogen-bond acceptors (Lipinski definition) is 2. The first-order valence-electron chi connectivity index (χ1n) is 7.24. The molecular weight excluding hydrogens is 293 g/mol. The van der Waals surface area contributed by atoms with E-state index in [-0.39, 0.29) is 0 Å². The number of rotatable bonds is 3. The number of imidazole rings is 1. The fourth-order valence-corrected chi connectivity index (χ4v) is 3.45. The number of fused-ring (bicyclic) bond motifs is 1. The molecule has 2 heterocycles. The summed E-state index contributed by atoms with van der Waals surface area (Å²) >= 11 is 12.0. The summed E-state index contributed by atoms with van der Waals surface area (Å²) < 4.78 is 2.18. The Morgan fingerprint density at radius 2 is 2.05 bits per heavy atom. The van der Waals surface area contributed by atoms with Crippen molar-refractivity contribution in [2.75, 3.05) is 0 Å². The van der Waals surface area contributed by atoms with Crippen LogP contribution in [0.25, 0.3) is 11.2 Å². The Balaban J connectivity index is 1.89. The van der Waals surface area contributed by atoms with Gasteiger partial charge < -0.3 is 4.57 Å². The summed E-state index contributed by atoms with van der Waals surface area (Å²) in [7, 11) is 0. The molecule has 5 heteroatoms. The fourth-order valence-electron chi connectivity index (χ4n) is 3.10. The molecular formula is C15H19Cl2N3. The molecule has 0 spiro atoms. The first-order valence-corrected chi connectivity index (χ1v) is 8.15. The Hall–Kier alpha value is -0.800. The zero-order valence-corrected chi connectivity index (χ0v) is 13.2. The lowest BCUT2D eigenvalue weighted by molar-refractivity contribution is 0.265. The molecule has 0 atom stereocenters. The van der Waals surface area contributed by atoms with Crippen molar-refractivity contribution in [3.8, 4) is 0 Å². The number of pyridine rings is 1. The highest BCUT2D eigenvalue weighted by molar-refractivity contribution is 6.31. The van der Waals surface area contributed by atoms with Crippen molar-refractivity contribution in [2.45, 2.75) is 45.0 Å². The number of halogens is 2. The number of aromatic nitrogens is 3. The summed E-state index contributed by atoms with van der Waals surface area (Å²) in [4.78, 5) is 9.00. The Kier molecular flexibility index (Phi) is 4.18. The Bertz CT molecular complexity index is 600. The van der Waals surface area contributed by atoms with Crippen molar-refractivity contribution >= 4 is 34.4 Å². The Labute approximate surface area is 129 Å². The molecule has 1 fully saturated rings. The molecule has 0 bridgehead atoms. The van der Waals surface area contributed by atoms with Crippen molar-refractivity contribution in [1.82, 2.24) is 14.5 Å². The maximum absolute atomic E-state index is 6.04. The normalized spacial score (nSPS) is 23.4. The van der Waals surface area contributed by atoms with Crippen molar-refractivity contribution in [2.24, 2.45) is 11.8 Å². The van der Waals surface area contributed by atoms with Crippen LogP contribution in [0.4, 0.5) is 0 Å². The quantitative estimate of drug-likeness (QED) is 0.772. The van der Waals surface area contributed by atoms with E-state index < -0.39 is 0 Å². The standard InChI is InChI=1S/C15H19Cl2N3/c1-10-2-4-11(5-3-10)9-20-14(7-16)19-13-6-12(17)8-18-15(13)20/h6,8,10-11H,2-5,7,9H2,1H3.